The second-order valence-corrected chi connectivity index (χ2v) is 4.41. The van der Waals surface area contributed by atoms with Gasteiger partial charge in [-0.15, -0.1) is 5.73 Å². The van der Waals surface area contributed by atoms with Crippen molar-refractivity contribution in [2.75, 3.05) is 6.61 Å². The number of aromatic amines is 1. The number of hydrogen-bond donors (Lipinski definition) is 4. The minimum atomic E-state index is -2.00. The summed E-state index contributed by atoms with van der Waals surface area (Å²) in [5, 5.41) is 29.6. The normalized spacial score (nSPS) is 32.9. The molecule has 1 unspecified atom stereocenters. The lowest BCUT2D eigenvalue weighted by molar-refractivity contribution is -0.0814. The summed E-state index contributed by atoms with van der Waals surface area (Å²) in [4.78, 5) is 24.8. The maximum Gasteiger partial charge on any atom is 0.330 e. The van der Waals surface area contributed by atoms with Gasteiger partial charge >= 0.3 is 5.69 Å². The van der Waals surface area contributed by atoms with Crippen molar-refractivity contribution in [3.8, 4) is 0 Å². The SMILES string of the molecule is C=C=C[C@@]1(O)C(O)[C@@H](CO)O[C@H]1n1ccc(=O)[nH]c1=O. The van der Waals surface area contributed by atoms with Gasteiger partial charge in [-0.05, 0) is 6.08 Å². The van der Waals surface area contributed by atoms with Crippen molar-refractivity contribution < 1.29 is 20.1 Å². The highest BCUT2D eigenvalue weighted by molar-refractivity contribution is 5.13. The second-order valence-electron chi connectivity index (χ2n) is 4.41. The molecule has 1 aliphatic heterocycles. The van der Waals surface area contributed by atoms with Crippen LogP contribution in [0, 0.1) is 0 Å². The highest BCUT2D eigenvalue weighted by Crippen LogP contribution is 2.38. The topological polar surface area (TPSA) is 125 Å². The third kappa shape index (κ3) is 2.15. The Morgan fingerprint density at radius 3 is 2.85 bits per heavy atom. The van der Waals surface area contributed by atoms with Crippen LogP contribution in [0.15, 0.2) is 40.2 Å². The molecule has 0 aliphatic carbocycles. The quantitative estimate of drug-likeness (QED) is 0.469. The van der Waals surface area contributed by atoms with Crippen molar-refractivity contribution in [3.05, 3.63) is 51.5 Å². The molecule has 4 atom stereocenters. The summed E-state index contributed by atoms with van der Waals surface area (Å²) in [6.07, 6.45) is -1.72. The lowest BCUT2D eigenvalue weighted by atomic mass is 9.94. The molecule has 20 heavy (non-hydrogen) atoms. The number of aliphatic hydroxyl groups excluding tert-OH is 2. The molecule has 1 aromatic rings. The first kappa shape index (κ1) is 14.4. The third-order valence-electron chi connectivity index (χ3n) is 3.14. The van der Waals surface area contributed by atoms with E-state index >= 15 is 0 Å². The van der Waals surface area contributed by atoms with Crippen LogP contribution >= 0.6 is 0 Å². The first-order valence-corrected chi connectivity index (χ1v) is 5.79. The van der Waals surface area contributed by atoms with E-state index in [1.165, 1.54) is 0 Å². The van der Waals surface area contributed by atoms with E-state index in [9.17, 15) is 19.8 Å². The molecule has 0 aromatic carbocycles. The van der Waals surface area contributed by atoms with Crippen molar-refractivity contribution in [2.45, 2.75) is 24.0 Å². The van der Waals surface area contributed by atoms with Crippen LogP contribution in [0.3, 0.4) is 0 Å². The second kappa shape index (κ2) is 5.20. The predicted octanol–water partition coefficient (Wildman–Crippen LogP) is -2.14. The smallest absolute Gasteiger partial charge is 0.330 e. The van der Waals surface area contributed by atoms with Gasteiger partial charge < -0.3 is 20.1 Å². The van der Waals surface area contributed by atoms with Gasteiger partial charge in [0.05, 0.1) is 6.61 Å². The van der Waals surface area contributed by atoms with Gasteiger partial charge in [0.2, 0.25) is 0 Å². The zero-order chi connectivity index (χ0) is 14.9. The largest absolute Gasteiger partial charge is 0.394 e. The molecule has 8 heteroatoms. The molecule has 0 amide bonds. The Morgan fingerprint density at radius 1 is 1.60 bits per heavy atom. The van der Waals surface area contributed by atoms with Crippen LogP contribution in [0.5, 0.6) is 0 Å². The van der Waals surface area contributed by atoms with Gasteiger partial charge in [-0.1, -0.05) is 6.58 Å². The van der Waals surface area contributed by atoms with Crippen molar-refractivity contribution >= 4 is 0 Å². The summed E-state index contributed by atoms with van der Waals surface area (Å²) in [5.41, 5.74) is -1.10. The van der Waals surface area contributed by atoms with E-state index in [0.29, 0.717) is 0 Å². The maximum atomic E-state index is 11.7. The Hall–Kier alpha value is -1.96. The Kier molecular flexibility index (Phi) is 3.76. The minimum Gasteiger partial charge on any atom is -0.394 e. The van der Waals surface area contributed by atoms with E-state index in [0.717, 1.165) is 22.9 Å². The lowest BCUT2D eigenvalue weighted by Gasteiger charge is -2.27. The summed E-state index contributed by atoms with van der Waals surface area (Å²) >= 11 is 0. The van der Waals surface area contributed by atoms with E-state index in [-0.39, 0.29) is 0 Å². The fourth-order valence-corrected chi connectivity index (χ4v) is 2.16. The minimum absolute atomic E-state index is 0.553. The van der Waals surface area contributed by atoms with E-state index in [1.807, 2.05) is 4.98 Å². The van der Waals surface area contributed by atoms with Crippen molar-refractivity contribution in [2.24, 2.45) is 0 Å². The number of aliphatic hydroxyl groups is 3. The van der Waals surface area contributed by atoms with Gasteiger partial charge in [-0.25, -0.2) is 4.79 Å². The molecule has 8 nitrogen and oxygen atoms in total. The van der Waals surface area contributed by atoms with Gasteiger partial charge in [0, 0.05) is 12.3 Å². The summed E-state index contributed by atoms with van der Waals surface area (Å²) in [5.74, 6) is 0. The summed E-state index contributed by atoms with van der Waals surface area (Å²) in [6, 6.07) is 1.07. The molecule has 0 bridgehead atoms. The third-order valence-corrected chi connectivity index (χ3v) is 3.14. The van der Waals surface area contributed by atoms with Crippen molar-refractivity contribution in [3.63, 3.8) is 0 Å². The van der Waals surface area contributed by atoms with Crippen LogP contribution in [0.25, 0.3) is 0 Å². The van der Waals surface area contributed by atoms with E-state index in [2.05, 4.69) is 12.3 Å². The Morgan fingerprint density at radius 2 is 2.30 bits per heavy atom. The first-order chi connectivity index (χ1) is 9.43. The maximum absolute atomic E-state index is 11.7. The van der Waals surface area contributed by atoms with E-state index in [1.54, 1.807) is 0 Å². The zero-order valence-electron chi connectivity index (χ0n) is 10.4. The van der Waals surface area contributed by atoms with E-state index < -0.39 is 41.9 Å². The number of H-pyrrole nitrogens is 1. The number of nitrogens with one attached hydrogen (secondary N) is 1. The molecule has 1 fully saturated rings. The van der Waals surface area contributed by atoms with Crippen molar-refractivity contribution in [1.29, 1.82) is 0 Å². The Labute approximate surface area is 112 Å². The van der Waals surface area contributed by atoms with Gasteiger partial charge in [-0.3, -0.25) is 14.3 Å². The van der Waals surface area contributed by atoms with Crippen LogP contribution in [-0.4, -0.2) is 49.3 Å². The number of hydrogen-bond acceptors (Lipinski definition) is 6. The van der Waals surface area contributed by atoms with Gasteiger partial charge in [0.1, 0.15) is 12.2 Å². The van der Waals surface area contributed by atoms with Gasteiger partial charge in [0.25, 0.3) is 5.56 Å². The zero-order valence-corrected chi connectivity index (χ0v) is 10.4. The average Bonchev–Trinajstić information content (AvgIpc) is 2.63. The molecule has 1 aromatic heterocycles. The summed E-state index contributed by atoms with van der Waals surface area (Å²) < 4.78 is 6.20. The average molecular weight is 282 g/mol. The Bertz CT molecular complexity index is 658. The van der Waals surface area contributed by atoms with Gasteiger partial charge in [0.15, 0.2) is 11.8 Å². The molecule has 2 heterocycles. The van der Waals surface area contributed by atoms with Crippen LogP contribution in [0.4, 0.5) is 0 Å². The number of ether oxygens (including phenoxy) is 1. The standard InChI is InChI=1S/C12H14N2O6/c1-2-4-12(19)9(17)7(6-15)20-10(12)14-5-3-8(16)13-11(14)18/h3-5,7,9-10,15,17,19H,1,6H2,(H,13,16,18)/t7-,9?,10-,12-/m1/s1. The van der Waals surface area contributed by atoms with Crippen LogP contribution in [0.2, 0.25) is 0 Å². The molecule has 0 spiro atoms. The van der Waals surface area contributed by atoms with Crippen LogP contribution in [-0.2, 0) is 4.74 Å². The van der Waals surface area contributed by atoms with Gasteiger partial charge in [-0.2, -0.15) is 0 Å². The van der Waals surface area contributed by atoms with Crippen LogP contribution < -0.4 is 11.2 Å². The molecular formula is C12H14N2O6. The molecule has 108 valence electrons. The van der Waals surface area contributed by atoms with E-state index in [4.69, 9.17) is 9.84 Å². The van der Waals surface area contributed by atoms with Crippen molar-refractivity contribution in [1.82, 2.24) is 9.55 Å². The summed E-state index contributed by atoms with van der Waals surface area (Å²) in [7, 11) is 0. The number of rotatable bonds is 3. The monoisotopic (exact) mass is 282 g/mol. The predicted molar refractivity (Wildman–Crippen MR) is 67.0 cm³/mol. The molecule has 2 rings (SSSR count). The fourth-order valence-electron chi connectivity index (χ4n) is 2.16. The highest BCUT2D eigenvalue weighted by Gasteiger charge is 2.55. The lowest BCUT2D eigenvalue weighted by Crippen LogP contribution is -2.47. The fraction of sp³-hybridized carbons (Fsp3) is 0.417. The molecule has 1 saturated heterocycles. The molecule has 4 N–H and O–H groups in total. The molecular weight excluding hydrogens is 268 g/mol. The first-order valence-electron chi connectivity index (χ1n) is 5.79. The number of nitrogens with zero attached hydrogens (tertiary/aromatic N) is 1. The van der Waals surface area contributed by atoms with Crippen LogP contribution in [0.1, 0.15) is 6.23 Å². The molecule has 0 radical (unpaired) electrons. The number of aromatic nitrogens is 2. The summed E-state index contributed by atoms with van der Waals surface area (Å²) in [6.45, 7) is 2.75. The molecule has 1 aliphatic rings. The Balaban J connectivity index is 2.56. The molecule has 0 saturated carbocycles. The highest BCUT2D eigenvalue weighted by atomic mass is 16.6.